The van der Waals surface area contributed by atoms with E-state index in [0.29, 0.717) is 6.10 Å². The Morgan fingerprint density at radius 2 is 1.60 bits per heavy atom. The third-order valence-electron chi connectivity index (χ3n) is 4.06. The van der Waals surface area contributed by atoms with E-state index in [1.54, 1.807) is 0 Å². The Kier molecular flexibility index (Phi) is 3.68. The molecule has 2 fully saturated rings. The van der Waals surface area contributed by atoms with E-state index in [1.165, 1.54) is 44.9 Å². The van der Waals surface area contributed by atoms with Crippen LogP contribution < -0.4 is 5.73 Å². The van der Waals surface area contributed by atoms with Crippen LogP contribution >= 0.6 is 0 Å². The van der Waals surface area contributed by atoms with Gasteiger partial charge in [0.25, 0.3) is 0 Å². The van der Waals surface area contributed by atoms with Gasteiger partial charge in [-0.25, -0.2) is 0 Å². The van der Waals surface area contributed by atoms with Crippen LogP contribution in [0.5, 0.6) is 0 Å². The van der Waals surface area contributed by atoms with Gasteiger partial charge >= 0.3 is 0 Å². The van der Waals surface area contributed by atoms with Crippen LogP contribution in [0.25, 0.3) is 0 Å². The molecule has 0 aliphatic heterocycles. The third-order valence-corrected chi connectivity index (χ3v) is 4.06. The molecular weight excluding hydrogens is 186 g/mol. The molecule has 2 aliphatic carbocycles. The Labute approximate surface area is 93.6 Å². The summed E-state index contributed by atoms with van der Waals surface area (Å²) >= 11 is 0. The summed E-state index contributed by atoms with van der Waals surface area (Å²) in [6, 6.07) is 0. The van der Waals surface area contributed by atoms with Crippen LogP contribution in [0.2, 0.25) is 0 Å². The van der Waals surface area contributed by atoms with Gasteiger partial charge in [-0.3, -0.25) is 0 Å². The lowest BCUT2D eigenvalue weighted by molar-refractivity contribution is -0.123. The highest BCUT2D eigenvalue weighted by Gasteiger charge is 2.32. The molecule has 0 bridgehead atoms. The minimum atomic E-state index is -0.274. The average Bonchev–Trinajstić information content (AvgIpc) is 2.22. The summed E-state index contributed by atoms with van der Waals surface area (Å²) in [4.78, 5) is 0. The molecule has 0 unspecified atom stereocenters. The molecule has 2 rings (SSSR count). The van der Waals surface area contributed by atoms with Gasteiger partial charge in [0.15, 0.2) is 0 Å². The van der Waals surface area contributed by atoms with E-state index in [-0.39, 0.29) is 5.72 Å². The van der Waals surface area contributed by atoms with Crippen molar-refractivity contribution < 1.29 is 4.74 Å². The Hall–Kier alpha value is -0.0800. The van der Waals surface area contributed by atoms with Crippen molar-refractivity contribution in [1.82, 2.24) is 0 Å². The first kappa shape index (κ1) is 11.4. The zero-order valence-electron chi connectivity index (χ0n) is 10.0. The fourth-order valence-corrected chi connectivity index (χ4v) is 2.95. The van der Waals surface area contributed by atoms with Crippen LogP contribution in [0.4, 0.5) is 0 Å². The zero-order valence-corrected chi connectivity index (χ0v) is 10.0. The standard InChI is InChI=1S/C13H25NO/c1-11-5-7-12(8-6-11)15-13(14)9-3-2-4-10-13/h11-12H,2-10,14H2,1H3. The maximum Gasteiger partial charge on any atom is 0.117 e. The van der Waals surface area contributed by atoms with Gasteiger partial charge in [0.05, 0.1) is 6.10 Å². The molecule has 2 aliphatic rings. The number of rotatable bonds is 2. The predicted octanol–water partition coefficient (Wildman–Crippen LogP) is 3.20. The summed E-state index contributed by atoms with van der Waals surface area (Å²) in [7, 11) is 0. The van der Waals surface area contributed by atoms with Gasteiger partial charge < -0.3 is 10.5 Å². The molecular formula is C13H25NO. The van der Waals surface area contributed by atoms with Crippen molar-refractivity contribution in [2.24, 2.45) is 11.7 Å². The lowest BCUT2D eigenvalue weighted by Crippen LogP contribution is -2.47. The van der Waals surface area contributed by atoms with Crippen LogP contribution in [-0.4, -0.2) is 11.8 Å². The van der Waals surface area contributed by atoms with Crippen molar-refractivity contribution >= 4 is 0 Å². The first-order valence-corrected chi connectivity index (χ1v) is 6.65. The third kappa shape index (κ3) is 3.18. The van der Waals surface area contributed by atoms with Gasteiger partial charge in [0, 0.05) is 0 Å². The minimum absolute atomic E-state index is 0.274. The molecule has 2 saturated carbocycles. The molecule has 15 heavy (non-hydrogen) atoms. The van der Waals surface area contributed by atoms with Gasteiger partial charge in [0.2, 0.25) is 0 Å². The summed E-state index contributed by atoms with van der Waals surface area (Å²) in [6.45, 7) is 2.34. The van der Waals surface area contributed by atoms with Crippen molar-refractivity contribution in [1.29, 1.82) is 0 Å². The van der Waals surface area contributed by atoms with Crippen molar-refractivity contribution in [3.63, 3.8) is 0 Å². The molecule has 0 aromatic rings. The summed E-state index contributed by atoms with van der Waals surface area (Å²) in [5, 5.41) is 0. The van der Waals surface area contributed by atoms with E-state index in [4.69, 9.17) is 10.5 Å². The molecule has 88 valence electrons. The summed E-state index contributed by atoms with van der Waals surface area (Å²) < 4.78 is 6.15. The van der Waals surface area contributed by atoms with Gasteiger partial charge in [0.1, 0.15) is 5.72 Å². The number of hydrogen-bond donors (Lipinski definition) is 1. The van der Waals surface area contributed by atoms with E-state index in [0.717, 1.165) is 18.8 Å². The molecule has 0 saturated heterocycles. The van der Waals surface area contributed by atoms with E-state index in [2.05, 4.69) is 6.92 Å². The predicted molar refractivity (Wildman–Crippen MR) is 62.5 cm³/mol. The second-order valence-corrected chi connectivity index (χ2v) is 5.63. The number of hydrogen-bond acceptors (Lipinski definition) is 2. The Morgan fingerprint density at radius 1 is 1.00 bits per heavy atom. The summed E-state index contributed by atoms with van der Waals surface area (Å²) in [5.41, 5.74) is 6.03. The van der Waals surface area contributed by atoms with Crippen LogP contribution in [0, 0.1) is 5.92 Å². The highest BCUT2D eigenvalue weighted by Crippen LogP contribution is 2.33. The fourth-order valence-electron chi connectivity index (χ4n) is 2.95. The number of nitrogens with two attached hydrogens (primary N) is 1. The Balaban J connectivity index is 1.80. The normalized spacial score (nSPS) is 36.4. The fraction of sp³-hybridized carbons (Fsp3) is 1.00. The van der Waals surface area contributed by atoms with Crippen molar-refractivity contribution in [3.8, 4) is 0 Å². The first-order valence-electron chi connectivity index (χ1n) is 6.65. The van der Waals surface area contributed by atoms with Crippen molar-refractivity contribution in [2.75, 3.05) is 0 Å². The molecule has 2 N–H and O–H groups in total. The maximum atomic E-state index is 6.30. The highest BCUT2D eigenvalue weighted by molar-refractivity contribution is 4.81. The molecule has 0 aromatic carbocycles. The van der Waals surface area contributed by atoms with E-state index in [9.17, 15) is 0 Å². The number of ether oxygens (including phenoxy) is 1. The molecule has 0 heterocycles. The average molecular weight is 211 g/mol. The zero-order chi connectivity index (χ0) is 10.7. The van der Waals surface area contributed by atoms with E-state index in [1.807, 2.05) is 0 Å². The van der Waals surface area contributed by atoms with Crippen LogP contribution in [0.1, 0.15) is 64.7 Å². The molecule has 2 nitrogen and oxygen atoms in total. The van der Waals surface area contributed by atoms with Gasteiger partial charge in [-0.15, -0.1) is 0 Å². The summed E-state index contributed by atoms with van der Waals surface area (Å²) in [6.07, 6.45) is 11.5. The van der Waals surface area contributed by atoms with E-state index < -0.39 is 0 Å². The molecule has 0 radical (unpaired) electrons. The first-order chi connectivity index (χ1) is 7.18. The van der Waals surface area contributed by atoms with Crippen molar-refractivity contribution in [2.45, 2.75) is 76.5 Å². The lowest BCUT2D eigenvalue weighted by Gasteiger charge is -2.38. The molecule has 0 spiro atoms. The summed E-state index contributed by atoms with van der Waals surface area (Å²) in [5.74, 6) is 0.893. The van der Waals surface area contributed by atoms with E-state index >= 15 is 0 Å². The smallest absolute Gasteiger partial charge is 0.117 e. The second kappa shape index (κ2) is 4.84. The lowest BCUT2D eigenvalue weighted by atomic mass is 9.87. The van der Waals surface area contributed by atoms with Crippen LogP contribution in [0.15, 0.2) is 0 Å². The Morgan fingerprint density at radius 3 is 2.20 bits per heavy atom. The molecule has 0 amide bonds. The molecule has 0 aromatic heterocycles. The second-order valence-electron chi connectivity index (χ2n) is 5.63. The molecule has 0 atom stereocenters. The topological polar surface area (TPSA) is 35.2 Å². The van der Waals surface area contributed by atoms with Gasteiger partial charge in [-0.05, 0) is 57.3 Å². The van der Waals surface area contributed by atoms with Gasteiger partial charge in [-0.2, -0.15) is 0 Å². The Bertz CT molecular complexity index is 191. The maximum absolute atomic E-state index is 6.30. The monoisotopic (exact) mass is 211 g/mol. The van der Waals surface area contributed by atoms with Crippen LogP contribution in [-0.2, 0) is 4.74 Å². The quantitative estimate of drug-likeness (QED) is 0.712. The SMILES string of the molecule is CC1CCC(OC2(N)CCCCC2)CC1. The van der Waals surface area contributed by atoms with Gasteiger partial charge in [-0.1, -0.05) is 13.3 Å². The molecule has 2 heteroatoms. The highest BCUT2D eigenvalue weighted by atomic mass is 16.5. The largest absolute Gasteiger partial charge is 0.358 e. The van der Waals surface area contributed by atoms with Crippen molar-refractivity contribution in [3.05, 3.63) is 0 Å². The van der Waals surface area contributed by atoms with Crippen LogP contribution in [0.3, 0.4) is 0 Å². The minimum Gasteiger partial charge on any atom is -0.358 e.